The van der Waals surface area contributed by atoms with Gasteiger partial charge in [0, 0.05) is 45.1 Å². The largest absolute Gasteiger partial charge is 0.340 e. The Morgan fingerprint density at radius 2 is 1.81 bits per heavy atom. The van der Waals surface area contributed by atoms with Crippen LogP contribution in [0.3, 0.4) is 0 Å². The second-order valence-corrected chi connectivity index (χ2v) is 7.62. The number of rotatable bonds is 3. The van der Waals surface area contributed by atoms with Crippen molar-refractivity contribution in [1.82, 2.24) is 14.8 Å². The van der Waals surface area contributed by atoms with Crippen LogP contribution in [0, 0.1) is 5.41 Å². The standard InChI is InChI=1S/C15H19Cl2N3O/c1-14(11-15(14,16)17)13(21)20-8-6-19(7-9-20)10-12-2-4-18-5-3-12/h2-5H,6-11H2,1H3. The summed E-state index contributed by atoms with van der Waals surface area (Å²) in [6.45, 7) is 5.99. The normalized spacial score (nSPS) is 28.4. The van der Waals surface area contributed by atoms with Crippen molar-refractivity contribution >= 4 is 29.1 Å². The number of halogens is 2. The van der Waals surface area contributed by atoms with Crippen molar-refractivity contribution in [1.29, 1.82) is 0 Å². The Labute approximate surface area is 135 Å². The third kappa shape index (κ3) is 2.89. The Bertz CT molecular complexity index is 529. The van der Waals surface area contributed by atoms with Crippen LogP contribution in [0.4, 0.5) is 0 Å². The lowest BCUT2D eigenvalue weighted by molar-refractivity contribution is -0.138. The van der Waals surface area contributed by atoms with Crippen molar-refractivity contribution in [3.05, 3.63) is 30.1 Å². The molecule has 1 atom stereocenters. The summed E-state index contributed by atoms with van der Waals surface area (Å²) in [5, 5.41) is 0. The molecule has 2 fully saturated rings. The molecule has 1 unspecified atom stereocenters. The van der Waals surface area contributed by atoms with Crippen molar-refractivity contribution in [2.45, 2.75) is 24.2 Å². The van der Waals surface area contributed by atoms with Gasteiger partial charge in [0.25, 0.3) is 0 Å². The summed E-state index contributed by atoms with van der Waals surface area (Å²) in [6, 6.07) is 4.05. The molecule has 0 aromatic carbocycles. The highest BCUT2D eigenvalue weighted by Gasteiger charge is 2.68. The molecule has 21 heavy (non-hydrogen) atoms. The van der Waals surface area contributed by atoms with E-state index in [4.69, 9.17) is 23.2 Å². The maximum absolute atomic E-state index is 12.5. The van der Waals surface area contributed by atoms with Gasteiger partial charge in [-0.25, -0.2) is 0 Å². The number of hydrogen-bond donors (Lipinski definition) is 0. The van der Waals surface area contributed by atoms with Gasteiger partial charge in [-0.15, -0.1) is 23.2 Å². The first kappa shape index (κ1) is 15.1. The third-order valence-electron chi connectivity index (χ3n) is 4.54. The van der Waals surface area contributed by atoms with E-state index in [9.17, 15) is 4.79 Å². The van der Waals surface area contributed by atoms with Crippen LogP contribution in [0.1, 0.15) is 18.9 Å². The first-order valence-corrected chi connectivity index (χ1v) is 7.96. The zero-order chi connectivity index (χ0) is 15.1. The molecule has 1 aliphatic heterocycles. The second kappa shape index (κ2) is 5.41. The molecule has 0 N–H and O–H groups in total. The number of alkyl halides is 2. The highest BCUT2D eigenvalue weighted by atomic mass is 35.5. The molecule has 1 aromatic heterocycles. The zero-order valence-corrected chi connectivity index (χ0v) is 13.6. The quantitative estimate of drug-likeness (QED) is 0.799. The first-order valence-electron chi connectivity index (χ1n) is 7.21. The van der Waals surface area contributed by atoms with Gasteiger partial charge in [0.1, 0.15) is 4.33 Å². The minimum Gasteiger partial charge on any atom is -0.340 e. The molecular weight excluding hydrogens is 309 g/mol. The maximum atomic E-state index is 12.5. The van der Waals surface area contributed by atoms with Gasteiger partial charge in [0.2, 0.25) is 5.91 Å². The molecule has 114 valence electrons. The van der Waals surface area contributed by atoms with E-state index >= 15 is 0 Å². The van der Waals surface area contributed by atoms with E-state index in [1.54, 1.807) is 0 Å². The number of amides is 1. The van der Waals surface area contributed by atoms with E-state index < -0.39 is 9.75 Å². The number of aromatic nitrogens is 1. The highest BCUT2D eigenvalue weighted by Crippen LogP contribution is 2.64. The fourth-order valence-corrected chi connectivity index (χ4v) is 3.53. The van der Waals surface area contributed by atoms with Gasteiger partial charge in [-0.3, -0.25) is 14.7 Å². The molecule has 2 heterocycles. The Kier molecular flexibility index (Phi) is 3.89. The Morgan fingerprint density at radius 1 is 1.24 bits per heavy atom. The van der Waals surface area contributed by atoms with Crippen molar-refractivity contribution in [3.63, 3.8) is 0 Å². The molecule has 1 saturated heterocycles. The summed E-state index contributed by atoms with van der Waals surface area (Å²) >= 11 is 12.2. The first-order chi connectivity index (χ1) is 9.92. The Morgan fingerprint density at radius 3 is 2.33 bits per heavy atom. The Balaban J connectivity index is 1.53. The molecule has 1 amide bonds. The molecule has 0 radical (unpaired) electrons. The number of hydrogen-bond acceptors (Lipinski definition) is 3. The lowest BCUT2D eigenvalue weighted by atomic mass is 10.1. The highest BCUT2D eigenvalue weighted by molar-refractivity contribution is 6.53. The van der Waals surface area contributed by atoms with Crippen LogP contribution in [0.5, 0.6) is 0 Å². The van der Waals surface area contributed by atoms with Gasteiger partial charge < -0.3 is 4.90 Å². The molecule has 1 aromatic rings. The number of nitrogens with zero attached hydrogens (tertiary/aromatic N) is 3. The summed E-state index contributed by atoms with van der Waals surface area (Å²) in [6.07, 6.45) is 4.17. The predicted molar refractivity (Wildman–Crippen MR) is 83.3 cm³/mol. The second-order valence-electron chi connectivity index (χ2n) is 6.14. The summed E-state index contributed by atoms with van der Waals surface area (Å²) in [5.74, 6) is 0.0936. The van der Waals surface area contributed by atoms with Gasteiger partial charge in [0.15, 0.2) is 0 Å². The van der Waals surface area contributed by atoms with Gasteiger partial charge in [-0.1, -0.05) is 0 Å². The topological polar surface area (TPSA) is 36.4 Å². The van der Waals surface area contributed by atoms with Crippen molar-refractivity contribution in [2.24, 2.45) is 5.41 Å². The van der Waals surface area contributed by atoms with E-state index in [0.29, 0.717) is 6.42 Å². The van der Waals surface area contributed by atoms with E-state index in [-0.39, 0.29) is 5.91 Å². The number of pyridine rings is 1. The average molecular weight is 328 g/mol. The van der Waals surface area contributed by atoms with Crippen LogP contribution in [-0.4, -0.2) is 51.2 Å². The average Bonchev–Trinajstić information content (AvgIpc) is 3.00. The molecule has 4 nitrogen and oxygen atoms in total. The van der Waals surface area contributed by atoms with Crippen molar-refractivity contribution in [3.8, 4) is 0 Å². The van der Waals surface area contributed by atoms with E-state index in [1.165, 1.54) is 5.56 Å². The minimum absolute atomic E-state index is 0.0936. The summed E-state index contributed by atoms with van der Waals surface area (Å²) in [4.78, 5) is 20.8. The van der Waals surface area contributed by atoms with E-state index in [1.807, 2.05) is 36.4 Å². The summed E-state index contributed by atoms with van der Waals surface area (Å²) in [7, 11) is 0. The lowest BCUT2D eigenvalue weighted by Crippen LogP contribution is -2.50. The molecule has 3 rings (SSSR count). The SMILES string of the molecule is CC1(C(=O)N2CCN(Cc3ccncc3)CC2)CC1(Cl)Cl. The Hall–Kier alpha value is -0.840. The fourth-order valence-electron chi connectivity index (χ4n) is 2.84. The predicted octanol–water partition coefficient (Wildman–Crippen LogP) is 2.31. The van der Waals surface area contributed by atoms with Gasteiger partial charge in [-0.2, -0.15) is 0 Å². The molecule has 1 saturated carbocycles. The number of carbonyl (C=O) groups excluding carboxylic acids is 1. The number of carbonyl (C=O) groups is 1. The van der Waals surface area contributed by atoms with Gasteiger partial charge >= 0.3 is 0 Å². The monoisotopic (exact) mass is 327 g/mol. The zero-order valence-electron chi connectivity index (χ0n) is 12.1. The van der Waals surface area contributed by atoms with E-state index in [2.05, 4.69) is 9.88 Å². The van der Waals surface area contributed by atoms with Crippen LogP contribution in [0.25, 0.3) is 0 Å². The van der Waals surface area contributed by atoms with Gasteiger partial charge in [0.05, 0.1) is 5.41 Å². The van der Waals surface area contributed by atoms with Crippen LogP contribution < -0.4 is 0 Å². The van der Waals surface area contributed by atoms with Crippen molar-refractivity contribution in [2.75, 3.05) is 26.2 Å². The third-order valence-corrected chi connectivity index (χ3v) is 5.65. The molecule has 0 bridgehead atoms. The fraction of sp³-hybridized carbons (Fsp3) is 0.600. The van der Waals surface area contributed by atoms with Crippen LogP contribution in [-0.2, 0) is 11.3 Å². The lowest BCUT2D eigenvalue weighted by Gasteiger charge is -2.36. The van der Waals surface area contributed by atoms with Crippen LogP contribution in [0.2, 0.25) is 0 Å². The smallest absolute Gasteiger partial charge is 0.231 e. The molecule has 0 spiro atoms. The summed E-state index contributed by atoms with van der Waals surface area (Å²) in [5.41, 5.74) is 0.656. The molecule has 2 aliphatic rings. The van der Waals surface area contributed by atoms with Crippen LogP contribution >= 0.6 is 23.2 Å². The van der Waals surface area contributed by atoms with Crippen molar-refractivity contribution < 1.29 is 4.79 Å². The van der Waals surface area contributed by atoms with Crippen LogP contribution in [0.15, 0.2) is 24.5 Å². The van der Waals surface area contributed by atoms with E-state index in [0.717, 1.165) is 32.7 Å². The number of piperazine rings is 1. The minimum atomic E-state index is -0.877. The summed E-state index contributed by atoms with van der Waals surface area (Å²) < 4.78 is -0.877. The molecule has 6 heteroatoms. The molecule has 1 aliphatic carbocycles. The maximum Gasteiger partial charge on any atom is 0.231 e. The van der Waals surface area contributed by atoms with Gasteiger partial charge in [-0.05, 0) is 31.0 Å². The molecular formula is C15H19Cl2N3O.